The van der Waals surface area contributed by atoms with Gasteiger partial charge in [-0.25, -0.2) is 4.79 Å². The van der Waals surface area contributed by atoms with Gasteiger partial charge in [0.1, 0.15) is 54.3 Å². The Morgan fingerprint density at radius 2 is 1.46 bits per heavy atom. The van der Waals surface area contributed by atoms with Gasteiger partial charge in [-0.3, -0.25) is 48.1 Å². The minimum absolute atomic E-state index is 0.0243. The number of aliphatic hydroxyl groups excluding tert-OH is 2. The molecule has 8 unspecified atom stereocenters. The third kappa shape index (κ3) is 17.0. The first-order valence-electron chi connectivity index (χ1n) is 30.8. The number of benzene rings is 4. The van der Waals surface area contributed by atoms with Gasteiger partial charge >= 0.3 is 6.09 Å². The number of rotatable bonds is 31. The number of unbranched alkanes of at least 4 members (excludes halogenated alkanes) is 5. The van der Waals surface area contributed by atoms with Crippen LogP contribution in [-0.2, 0) is 67.2 Å². The number of hydrogen-bond donors (Lipinski definition) is 11. The Balaban J connectivity index is 0.829. The second-order valence-electron chi connectivity index (χ2n) is 23.3. The summed E-state index contributed by atoms with van der Waals surface area (Å²) < 4.78 is 23.1. The molecule has 26 nitrogen and oxygen atoms in total. The lowest BCUT2D eigenvalue weighted by molar-refractivity contribution is -0.249. The van der Waals surface area contributed by atoms with Crippen molar-refractivity contribution in [1.29, 1.82) is 0 Å². The second kappa shape index (κ2) is 31.9. The molecule has 26 heteroatoms. The molecule has 0 bridgehead atoms. The number of nitrogens with zero attached hydrogens (tertiary/aromatic N) is 1. The molecule has 0 saturated carbocycles. The lowest BCUT2D eigenvalue weighted by Gasteiger charge is -2.42. The maximum atomic E-state index is 14.1. The van der Waals surface area contributed by atoms with E-state index in [1.807, 2.05) is 30.3 Å². The van der Waals surface area contributed by atoms with Crippen molar-refractivity contribution in [1.82, 2.24) is 26.2 Å². The van der Waals surface area contributed by atoms with Crippen LogP contribution in [0.4, 0.5) is 10.5 Å². The molecule has 12 N–H and O–H groups in total. The van der Waals surface area contributed by atoms with Gasteiger partial charge in [0.15, 0.2) is 17.9 Å². The van der Waals surface area contributed by atoms with E-state index in [1.165, 1.54) is 49.3 Å². The topological polar surface area (TPSA) is 398 Å². The van der Waals surface area contributed by atoms with E-state index in [0.717, 1.165) is 5.56 Å². The van der Waals surface area contributed by atoms with Crippen LogP contribution in [0.2, 0.25) is 0 Å². The Morgan fingerprint density at radius 3 is 2.15 bits per heavy atom. The molecule has 1 fully saturated rings. The standard InChI is InChI=1S/C66H79N7O19/c1-37-58(80)44(32-53(91-37)92-47-34-66(88,48(75)35-74)33-42-55(47)62(84)57-56(60(42)82)59(81)41-17-14-19-46(89-2)54(41)61(57)83)72-65(87)90-36-39-22-24-40(25-23-39)69-63(85)43(18-10-11-28-67)71-64(86)45(31-38-15-6-3-7-16-38)70-50(77)21-8-4-12-29-68-49(76)20-9-5-13-30-73-51(78)26-27-52(73)79/h3,6-7,14-17,19,22-27,37,43-45,47,53,58,74,80,82,84,88H,4-5,8-13,18,20-21,28-36,67H2,1-2H3,(H,68,76)(H,69,85)(H,70,77)(H,71,86)(H,72,87). The fourth-order valence-corrected chi connectivity index (χ4v) is 11.8. The van der Waals surface area contributed by atoms with Gasteiger partial charge in [0, 0.05) is 86.1 Å². The van der Waals surface area contributed by atoms with E-state index in [4.69, 9.17) is 24.7 Å². The maximum Gasteiger partial charge on any atom is 0.407 e. The van der Waals surface area contributed by atoms with Gasteiger partial charge in [0.25, 0.3) is 11.8 Å². The van der Waals surface area contributed by atoms with Crippen molar-refractivity contribution in [3.8, 4) is 17.2 Å². The van der Waals surface area contributed by atoms with Gasteiger partial charge < -0.3 is 76.8 Å². The van der Waals surface area contributed by atoms with Crippen molar-refractivity contribution in [2.45, 2.75) is 158 Å². The number of carbonyl (C=O) groups is 10. The zero-order valence-electron chi connectivity index (χ0n) is 51.2. The summed E-state index contributed by atoms with van der Waals surface area (Å²) in [5, 5.41) is 70.4. The Kier molecular flexibility index (Phi) is 23.9. The van der Waals surface area contributed by atoms with E-state index in [9.17, 15) is 73.5 Å². The number of hydrogen-bond acceptors (Lipinski definition) is 20. The molecule has 0 spiro atoms. The number of amides is 7. The number of nitrogens with two attached hydrogens (primary N) is 1. The summed E-state index contributed by atoms with van der Waals surface area (Å²) in [5.74, 6) is -6.58. The number of carbonyl (C=O) groups excluding carboxylic acids is 10. The Morgan fingerprint density at radius 1 is 0.761 bits per heavy atom. The number of imide groups is 1. The molecular formula is C66H79N7O19. The molecule has 1 saturated heterocycles. The lowest BCUT2D eigenvalue weighted by Crippen LogP contribution is -2.56. The van der Waals surface area contributed by atoms with Crippen LogP contribution >= 0.6 is 0 Å². The smallest absolute Gasteiger partial charge is 0.407 e. The largest absolute Gasteiger partial charge is 0.507 e. The molecule has 4 aliphatic rings. The van der Waals surface area contributed by atoms with Gasteiger partial charge in [-0.05, 0) is 87.7 Å². The molecular weight excluding hydrogens is 1190 g/mol. The van der Waals surface area contributed by atoms with Crippen molar-refractivity contribution >= 4 is 64.6 Å². The molecule has 4 aromatic carbocycles. The van der Waals surface area contributed by atoms with Crippen molar-refractivity contribution in [3.05, 3.63) is 129 Å². The number of phenols is 2. The fraction of sp³-hybridized carbons (Fsp3) is 0.455. The number of nitrogens with one attached hydrogen (secondary N) is 5. The van der Waals surface area contributed by atoms with Crippen LogP contribution in [0.5, 0.6) is 17.2 Å². The van der Waals surface area contributed by atoms with Gasteiger partial charge in [0.2, 0.25) is 29.4 Å². The molecule has 2 aliphatic carbocycles. The van der Waals surface area contributed by atoms with Crippen LogP contribution in [0.1, 0.15) is 151 Å². The average molecular weight is 1270 g/mol. The maximum absolute atomic E-state index is 14.1. The van der Waals surface area contributed by atoms with Gasteiger partial charge in [0.05, 0.1) is 42.0 Å². The average Bonchev–Trinajstić information content (AvgIpc) is 0.738. The number of methoxy groups -OCH3 is 1. The number of fused-ring (bicyclic) bond motifs is 3. The van der Waals surface area contributed by atoms with Gasteiger partial charge in [-0.1, -0.05) is 67.4 Å². The predicted octanol–water partition coefficient (Wildman–Crippen LogP) is 3.41. The number of Topliss-reactive ketones (excluding diaryl/α,β-unsaturated/α-hetero) is 1. The summed E-state index contributed by atoms with van der Waals surface area (Å²) in [6.45, 7) is 1.16. The van der Waals surface area contributed by atoms with Crippen LogP contribution in [-0.4, -0.2) is 165 Å². The van der Waals surface area contributed by atoms with E-state index in [2.05, 4.69) is 26.6 Å². The molecule has 8 rings (SSSR count). The van der Waals surface area contributed by atoms with Gasteiger partial charge in [-0.2, -0.15) is 0 Å². The fourth-order valence-electron chi connectivity index (χ4n) is 11.8. The minimum Gasteiger partial charge on any atom is -0.507 e. The summed E-state index contributed by atoms with van der Waals surface area (Å²) in [7, 11) is 1.29. The monoisotopic (exact) mass is 1270 g/mol. The Hall–Kier alpha value is -8.92. The quantitative estimate of drug-likeness (QED) is 0.0172. The number of ketones is 3. The number of ether oxygens (including phenoxy) is 4. The first kappa shape index (κ1) is 69.0. The van der Waals surface area contributed by atoms with Crippen molar-refractivity contribution in [3.63, 3.8) is 0 Å². The summed E-state index contributed by atoms with van der Waals surface area (Å²) in [5.41, 5.74) is 2.98. The molecule has 2 aliphatic heterocycles. The zero-order valence-corrected chi connectivity index (χ0v) is 51.2. The van der Waals surface area contributed by atoms with E-state index >= 15 is 0 Å². The summed E-state index contributed by atoms with van der Waals surface area (Å²) in [6.07, 6.45) is 0.107. The predicted molar refractivity (Wildman–Crippen MR) is 329 cm³/mol. The van der Waals surface area contributed by atoms with Crippen LogP contribution in [0.3, 0.4) is 0 Å². The van der Waals surface area contributed by atoms with E-state index in [0.29, 0.717) is 88.7 Å². The third-order valence-electron chi connectivity index (χ3n) is 16.8. The molecule has 2 heterocycles. The first-order valence-corrected chi connectivity index (χ1v) is 30.8. The number of alkyl carbamates (subject to hydrolysis) is 1. The number of anilines is 1. The van der Waals surface area contributed by atoms with E-state index < -0.39 is 126 Å². The van der Waals surface area contributed by atoms with Crippen LogP contribution in [0, 0.1) is 0 Å². The first-order chi connectivity index (χ1) is 44.1. The highest BCUT2D eigenvalue weighted by molar-refractivity contribution is 6.31. The Bertz CT molecular complexity index is 3420. The molecule has 0 aromatic heterocycles. The third-order valence-corrected chi connectivity index (χ3v) is 16.8. The zero-order chi connectivity index (χ0) is 66.2. The SMILES string of the molecule is COc1cccc2c1C(=O)c1c(O)c3c(c(O)c1C2=O)CC(O)(C(=O)CO)CC3OC1CC(NC(=O)OCc2ccc(NC(=O)C(CCCCN)NC(=O)C(Cc3ccccc3)NC(=O)CCCCCNC(=O)CCCCCN3C(=O)C=CC3=O)cc2)C(O)C(C)O1. The second-order valence-corrected chi connectivity index (χ2v) is 23.3. The highest BCUT2D eigenvalue weighted by Gasteiger charge is 2.50. The van der Waals surface area contributed by atoms with Crippen molar-refractivity contribution < 1.29 is 92.4 Å². The summed E-state index contributed by atoms with van der Waals surface area (Å²) in [6, 6.07) is 16.5. The number of aliphatic hydroxyl groups is 3. The van der Waals surface area contributed by atoms with E-state index in [-0.39, 0.29) is 83.9 Å². The molecule has 4 aromatic rings. The minimum atomic E-state index is -2.42. The van der Waals surface area contributed by atoms with Gasteiger partial charge in [-0.15, -0.1) is 0 Å². The lowest BCUT2D eigenvalue weighted by atomic mass is 9.72. The highest BCUT2D eigenvalue weighted by Crippen LogP contribution is 2.52. The number of phenolic OH excluding ortho intramolecular Hbond substituents is 2. The molecule has 7 amide bonds. The van der Waals surface area contributed by atoms with Crippen LogP contribution in [0.15, 0.2) is 84.9 Å². The molecule has 492 valence electrons. The van der Waals surface area contributed by atoms with Crippen LogP contribution < -0.4 is 37.1 Å². The van der Waals surface area contributed by atoms with Crippen molar-refractivity contribution in [2.75, 3.05) is 38.7 Å². The normalized spacial score (nSPS) is 20.5. The number of aromatic hydroxyl groups is 2. The molecule has 8 atom stereocenters. The summed E-state index contributed by atoms with van der Waals surface area (Å²) >= 11 is 0. The Labute approximate surface area is 530 Å². The van der Waals surface area contributed by atoms with Crippen LogP contribution in [0.25, 0.3) is 0 Å². The molecule has 0 radical (unpaired) electrons. The summed E-state index contributed by atoms with van der Waals surface area (Å²) in [4.78, 5) is 133. The van der Waals surface area contributed by atoms with Crippen molar-refractivity contribution in [2.24, 2.45) is 5.73 Å². The van der Waals surface area contributed by atoms with E-state index in [1.54, 1.807) is 24.3 Å². The molecule has 92 heavy (non-hydrogen) atoms. The highest BCUT2D eigenvalue weighted by atomic mass is 16.7.